The number of alkyl halides is 1. The van der Waals surface area contributed by atoms with E-state index in [1.807, 2.05) is 0 Å². The van der Waals surface area contributed by atoms with Crippen LogP contribution in [0.2, 0.25) is 0 Å². The molecule has 9 heteroatoms. The smallest absolute Gasteiger partial charge is 0.164 e. The van der Waals surface area contributed by atoms with E-state index in [1.165, 1.54) is 25.6 Å². The van der Waals surface area contributed by atoms with Crippen LogP contribution in [0.5, 0.6) is 11.5 Å². The van der Waals surface area contributed by atoms with Gasteiger partial charge < -0.3 is 24.3 Å². The maximum absolute atomic E-state index is 13.8. The van der Waals surface area contributed by atoms with Crippen molar-refractivity contribution in [2.75, 3.05) is 25.6 Å². The van der Waals surface area contributed by atoms with Crippen LogP contribution in [0.1, 0.15) is 0 Å². The second-order valence-corrected chi connectivity index (χ2v) is 7.14. The second-order valence-electron chi connectivity index (χ2n) is 7.14. The lowest BCUT2D eigenvalue weighted by molar-refractivity contribution is 0.0271. The molecule has 3 aromatic rings. The summed E-state index contributed by atoms with van der Waals surface area (Å²) in [6.07, 6.45) is -1.22. The van der Waals surface area contributed by atoms with Gasteiger partial charge in [-0.25, -0.2) is 18.7 Å². The van der Waals surface area contributed by atoms with Crippen molar-refractivity contribution in [2.45, 2.75) is 24.5 Å². The molecule has 0 spiro atoms. The summed E-state index contributed by atoms with van der Waals surface area (Å²) in [6, 6.07) is 9.46. The molecule has 2 aliphatic heterocycles. The van der Waals surface area contributed by atoms with Crippen LogP contribution in [0.3, 0.4) is 0 Å². The number of nitrogens with one attached hydrogen (secondary N) is 1. The molecular weight excluding hydrogens is 396 g/mol. The number of nitrogens with zero attached hydrogens (tertiary/aromatic N) is 2. The molecule has 2 fully saturated rings. The Morgan fingerprint density at radius 2 is 1.83 bits per heavy atom. The maximum atomic E-state index is 13.8. The van der Waals surface area contributed by atoms with Crippen LogP contribution >= 0.6 is 0 Å². The van der Waals surface area contributed by atoms with Crippen LogP contribution in [-0.2, 0) is 9.47 Å². The van der Waals surface area contributed by atoms with E-state index >= 15 is 0 Å². The molecule has 0 aliphatic carbocycles. The van der Waals surface area contributed by atoms with Gasteiger partial charge in [0.05, 0.1) is 25.8 Å². The highest BCUT2D eigenvalue weighted by Crippen LogP contribution is 2.38. The highest BCUT2D eigenvalue weighted by molar-refractivity contribution is 5.93. The number of anilines is 2. The molecule has 7 nitrogen and oxygen atoms in total. The van der Waals surface area contributed by atoms with Crippen molar-refractivity contribution in [1.82, 2.24) is 9.97 Å². The molecule has 0 bridgehead atoms. The van der Waals surface area contributed by atoms with Gasteiger partial charge in [-0.15, -0.1) is 0 Å². The molecule has 2 aliphatic rings. The molecule has 1 N–H and O–H groups in total. The van der Waals surface area contributed by atoms with E-state index in [4.69, 9.17) is 18.9 Å². The number of halogens is 2. The van der Waals surface area contributed by atoms with E-state index < -0.39 is 24.5 Å². The van der Waals surface area contributed by atoms with E-state index in [0.717, 1.165) is 0 Å². The van der Waals surface area contributed by atoms with Crippen LogP contribution in [0.15, 0.2) is 42.7 Å². The third kappa shape index (κ3) is 3.40. The Labute approximate surface area is 170 Å². The van der Waals surface area contributed by atoms with Crippen molar-refractivity contribution in [3.05, 3.63) is 48.5 Å². The highest BCUT2D eigenvalue weighted by Gasteiger charge is 2.49. The van der Waals surface area contributed by atoms with Crippen molar-refractivity contribution in [3.8, 4) is 11.5 Å². The van der Waals surface area contributed by atoms with Crippen molar-refractivity contribution >= 4 is 22.4 Å². The maximum Gasteiger partial charge on any atom is 0.164 e. The largest absolute Gasteiger partial charge is 0.493 e. The minimum atomic E-state index is -1.14. The molecule has 0 radical (unpaired) electrons. The molecule has 30 heavy (non-hydrogen) atoms. The lowest BCUT2D eigenvalue weighted by Gasteiger charge is -2.20. The van der Waals surface area contributed by atoms with E-state index in [1.54, 1.807) is 24.3 Å². The lowest BCUT2D eigenvalue weighted by atomic mass is 10.1. The minimum absolute atomic E-state index is 0.00961. The summed E-state index contributed by atoms with van der Waals surface area (Å²) in [5, 5.41) is 3.86. The standard InChI is InChI=1S/C21H19F2N3O4/c1-27-16-6-13-15(24-10-25-21(13)26-12-4-2-11(22)3-5-12)7-17(16)30-18-9-29-19-14(23)8-28-20(18)19/h2-7,10,14,18-20H,8-9H2,1H3,(H,24,25,26)/t14-,18-,19+,20?/m1/s1. The SMILES string of the molecule is COc1cc2c(Nc3ccc(F)cc3)ncnc2cc1O[C@@H]1CO[C@@H]2C1OC[C@H]2F. The van der Waals surface area contributed by atoms with Crippen molar-refractivity contribution in [2.24, 2.45) is 0 Å². The Morgan fingerprint density at radius 3 is 2.63 bits per heavy atom. The molecule has 0 amide bonds. The average Bonchev–Trinajstić information content (AvgIpc) is 3.32. The Balaban J connectivity index is 1.45. The number of rotatable bonds is 5. The minimum Gasteiger partial charge on any atom is -0.493 e. The Bertz CT molecular complexity index is 1070. The first kappa shape index (κ1) is 19.0. The zero-order valence-corrected chi connectivity index (χ0v) is 16.0. The molecule has 4 atom stereocenters. The molecule has 1 aromatic heterocycles. The van der Waals surface area contributed by atoms with Gasteiger partial charge in [-0.2, -0.15) is 0 Å². The van der Waals surface area contributed by atoms with Gasteiger partial charge in [-0.1, -0.05) is 0 Å². The van der Waals surface area contributed by atoms with Gasteiger partial charge in [0.1, 0.15) is 30.2 Å². The van der Waals surface area contributed by atoms with Crippen molar-refractivity contribution < 1.29 is 27.7 Å². The predicted octanol–water partition coefficient (Wildman–Crippen LogP) is 3.40. The van der Waals surface area contributed by atoms with Crippen molar-refractivity contribution in [3.63, 3.8) is 0 Å². The first-order chi connectivity index (χ1) is 14.6. The summed E-state index contributed by atoms with van der Waals surface area (Å²) in [4.78, 5) is 8.61. The second kappa shape index (κ2) is 7.66. The quantitative estimate of drug-likeness (QED) is 0.685. The topological polar surface area (TPSA) is 74.7 Å². The summed E-state index contributed by atoms with van der Waals surface area (Å²) in [5.74, 6) is 1.15. The monoisotopic (exact) mass is 415 g/mol. The molecule has 2 saturated heterocycles. The zero-order valence-electron chi connectivity index (χ0n) is 16.0. The van der Waals surface area contributed by atoms with Gasteiger partial charge >= 0.3 is 0 Å². The first-order valence-electron chi connectivity index (χ1n) is 9.51. The fourth-order valence-electron chi connectivity index (χ4n) is 3.77. The van der Waals surface area contributed by atoms with Gasteiger partial charge in [0.25, 0.3) is 0 Å². The number of fused-ring (bicyclic) bond motifs is 2. The van der Waals surface area contributed by atoms with Gasteiger partial charge in [-0.3, -0.25) is 0 Å². The van der Waals surface area contributed by atoms with Gasteiger partial charge in [0.2, 0.25) is 0 Å². The van der Waals surface area contributed by atoms with Gasteiger partial charge in [0, 0.05) is 17.1 Å². The van der Waals surface area contributed by atoms with Gasteiger partial charge in [0.15, 0.2) is 23.8 Å². The van der Waals surface area contributed by atoms with E-state index in [-0.39, 0.29) is 19.0 Å². The zero-order chi connectivity index (χ0) is 20.7. The third-order valence-electron chi connectivity index (χ3n) is 5.25. The summed E-state index contributed by atoms with van der Waals surface area (Å²) < 4.78 is 49.6. The van der Waals surface area contributed by atoms with E-state index in [0.29, 0.717) is 33.9 Å². The normalized spacial score (nSPS) is 25.3. The number of aromatic nitrogens is 2. The number of benzene rings is 2. The van der Waals surface area contributed by atoms with Crippen LogP contribution in [0.4, 0.5) is 20.3 Å². The predicted molar refractivity (Wildman–Crippen MR) is 105 cm³/mol. The van der Waals surface area contributed by atoms with Crippen LogP contribution in [0, 0.1) is 5.82 Å². The Hall–Kier alpha value is -3.04. The Morgan fingerprint density at radius 1 is 1.03 bits per heavy atom. The molecule has 3 heterocycles. The number of ether oxygens (including phenoxy) is 4. The van der Waals surface area contributed by atoms with Crippen LogP contribution in [-0.4, -0.2) is 54.8 Å². The van der Waals surface area contributed by atoms with Crippen LogP contribution < -0.4 is 14.8 Å². The molecule has 2 aromatic carbocycles. The summed E-state index contributed by atoms with van der Waals surface area (Å²) in [5.41, 5.74) is 1.31. The van der Waals surface area contributed by atoms with Crippen molar-refractivity contribution in [1.29, 1.82) is 0 Å². The average molecular weight is 415 g/mol. The summed E-state index contributed by atoms with van der Waals surface area (Å²) in [6.45, 7) is 0.244. The fraction of sp³-hybridized carbons (Fsp3) is 0.333. The van der Waals surface area contributed by atoms with Crippen LogP contribution in [0.25, 0.3) is 10.9 Å². The molecule has 5 rings (SSSR count). The Kier molecular flexibility index (Phi) is 4.84. The first-order valence-corrected chi connectivity index (χ1v) is 9.51. The number of methoxy groups -OCH3 is 1. The molecule has 1 unspecified atom stereocenters. The summed E-state index contributed by atoms with van der Waals surface area (Å²) in [7, 11) is 1.53. The van der Waals surface area contributed by atoms with Gasteiger partial charge in [-0.05, 0) is 30.3 Å². The molecular formula is C21H19F2N3O4. The molecule has 156 valence electrons. The molecule has 0 saturated carbocycles. The third-order valence-corrected chi connectivity index (χ3v) is 5.25. The number of hydrogen-bond acceptors (Lipinski definition) is 7. The number of hydrogen-bond donors (Lipinski definition) is 1. The fourth-order valence-corrected chi connectivity index (χ4v) is 3.77. The summed E-state index contributed by atoms with van der Waals surface area (Å²) >= 11 is 0. The van der Waals surface area contributed by atoms with E-state index in [2.05, 4.69) is 15.3 Å². The lowest BCUT2D eigenvalue weighted by Crippen LogP contribution is -2.33. The highest BCUT2D eigenvalue weighted by atomic mass is 19.1. The van der Waals surface area contributed by atoms with E-state index in [9.17, 15) is 8.78 Å².